The van der Waals surface area contributed by atoms with Gasteiger partial charge in [-0.1, -0.05) is 12.2 Å². The fraction of sp³-hybridized carbons (Fsp3) is 0.462. The van der Waals surface area contributed by atoms with E-state index in [0.29, 0.717) is 12.2 Å². The van der Waals surface area contributed by atoms with Crippen LogP contribution in [0.3, 0.4) is 0 Å². The highest BCUT2D eigenvalue weighted by Crippen LogP contribution is 2.24. The topological polar surface area (TPSA) is 38.5 Å². The van der Waals surface area contributed by atoms with Crippen LogP contribution in [0.5, 0.6) is 0 Å². The SMILES string of the molecule is CC1(C)CN(c2ccc(C(N)=S)c(F)c2)CCO1. The summed E-state index contributed by atoms with van der Waals surface area (Å²) in [6, 6.07) is 4.96. The fourth-order valence-electron chi connectivity index (χ4n) is 2.14. The minimum absolute atomic E-state index is 0.0846. The maximum absolute atomic E-state index is 13.8. The summed E-state index contributed by atoms with van der Waals surface area (Å²) in [4.78, 5) is 2.19. The fourth-order valence-corrected chi connectivity index (χ4v) is 2.30. The van der Waals surface area contributed by atoms with Gasteiger partial charge in [-0.2, -0.15) is 0 Å². The molecule has 1 aliphatic rings. The smallest absolute Gasteiger partial charge is 0.135 e. The highest BCUT2D eigenvalue weighted by atomic mass is 32.1. The summed E-state index contributed by atoms with van der Waals surface area (Å²) in [6.07, 6.45) is 0. The number of morpholine rings is 1. The molecule has 1 aliphatic heterocycles. The highest BCUT2D eigenvalue weighted by Gasteiger charge is 2.27. The van der Waals surface area contributed by atoms with E-state index in [2.05, 4.69) is 4.90 Å². The van der Waals surface area contributed by atoms with E-state index in [-0.39, 0.29) is 16.4 Å². The van der Waals surface area contributed by atoms with Crippen molar-refractivity contribution in [2.45, 2.75) is 19.4 Å². The third-order valence-corrected chi connectivity index (χ3v) is 3.23. The van der Waals surface area contributed by atoms with E-state index in [1.807, 2.05) is 19.9 Å². The van der Waals surface area contributed by atoms with E-state index < -0.39 is 0 Å². The lowest BCUT2D eigenvalue weighted by atomic mass is 10.1. The summed E-state index contributed by atoms with van der Waals surface area (Å²) in [5.41, 5.74) is 6.36. The van der Waals surface area contributed by atoms with Gasteiger partial charge in [0.05, 0.1) is 12.2 Å². The number of rotatable bonds is 2. The first-order valence-corrected chi connectivity index (χ1v) is 6.28. The molecule has 1 saturated heterocycles. The van der Waals surface area contributed by atoms with Gasteiger partial charge < -0.3 is 15.4 Å². The monoisotopic (exact) mass is 268 g/mol. The zero-order chi connectivity index (χ0) is 13.3. The van der Waals surface area contributed by atoms with Gasteiger partial charge in [0.15, 0.2) is 0 Å². The number of nitrogens with zero attached hydrogens (tertiary/aromatic N) is 1. The van der Waals surface area contributed by atoms with Crippen LogP contribution in [0, 0.1) is 5.82 Å². The summed E-state index contributed by atoms with van der Waals surface area (Å²) in [6.45, 7) is 6.19. The van der Waals surface area contributed by atoms with E-state index in [1.54, 1.807) is 6.07 Å². The van der Waals surface area contributed by atoms with Crippen LogP contribution in [-0.2, 0) is 4.74 Å². The molecule has 0 aliphatic carbocycles. The van der Waals surface area contributed by atoms with Crippen LogP contribution in [0.1, 0.15) is 19.4 Å². The van der Waals surface area contributed by atoms with Crippen molar-refractivity contribution in [3.63, 3.8) is 0 Å². The quantitative estimate of drug-likeness (QED) is 0.833. The lowest BCUT2D eigenvalue weighted by Crippen LogP contribution is -2.48. The maximum atomic E-state index is 13.8. The van der Waals surface area contributed by atoms with E-state index in [0.717, 1.165) is 18.8 Å². The maximum Gasteiger partial charge on any atom is 0.135 e. The number of thiocarbonyl (C=S) groups is 1. The highest BCUT2D eigenvalue weighted by molar-refractivity contribution is 7.80. The van der Waals surface area contributed by atoms with E-state index in [9.17, 15) is 4.39 Å². The average Bonchev–Trinajstić information content (AvgIpc) is 2.27. The minimum atomic E-state index is -0.371. The molecule has 5 heteroatoms. The molecular weight excluding hydrogens is 251 g/mol. The normalized spacial score (nSPS) is 18.7. The first kappa shape index (κ1) is 13.2. The molecule has 18 heavy (non-hydrogen) atoms. The van der Waals surface area contributed by atoms with Crippen molar-refractivity contribution < 1.29 is 9.13 Å². The van der Waals surface area contributed by atoms with Crippen LogP contribution in [-0.4, -0.2) is 30.3 Å². The van der Waals surface area contributed by atoms with Crippen molar-refractivity contribution in [1.29, 1.82) is 0 Å². The Morgan fingerprint density at radius 2 is 2.22 bits per heavy atom. The van der Waals surface area contributed by atoms with Crippen LogP contribution in [0.25, 0.3) is 0 Å². The summed E-state index contributed by atoms with van der Waals surface area (Å²) >= 11 is 4.79. The summed E-state index contributed by atoms with van der Waals surface area (Å²) in [7, 11) is 0. The molecule has 3 nitrogen and oxygen atoms in total. The molecule has 1 aromatic rings. The number of hydrogen-bond donors (Lipinski definition) is 1. The van der Waals surface area contributed by atoms with Gasteiger partial charge in [0, 0.05) is 24.3 Å². The molecule has 1 fully saturated rings. The zero-order valence-electron chi connectivity index (χ0n) is 10.6. The standard InChI is InChI=1S/C13H17FN2OS/c1-13(2)8-16(5-6-17-13)9-3-4-10(12(15)18)11(14)7-9/h3-4,7H,5-6,8H2,1-2H3,(H2,15,18). The van der Waals surface area contributed by atoms with Crippen LogP contribution >= 0.6 is 12.2 Å². The Morgan fingerprint density at radius 1 is 1.50 bits per heavy atom. The molecule has 0 unspecified atom stereocenters. The first-order chi connectivity index (χ1) is 8.39. The Hall–Kier alpha value is -1.20. The third kappa shape index (κ3) is 2.79. The molecule has 0 aromatic heterocycles. The number of ether oxygens (including phenoxy) is 1. The van der Waals surface area contributed by atoms with Gasteiger partial charge in [-0.15, -0.1) is 0 Å². The molecule has 2 rings (SSSR count). The predicted octanol–water partition coefficient (Wildman–Crippen LogP) is 2.08. The molecule has 1 heterocycles. The molecule has 2 N–H and O–H groups in total. The average molecular weight is 268 g/mol. The van der Waals surface area contributed by atoms with Gasteiger partial charge in [0.1, 0.15) is 10.8 Å². The number of hydrogen-bond acceptors (Lipinski definition) is 3. The Morgan fingerprint density at radius 3 is 2.78 bits per heavy atom. The van der Waals surface area contributed by atoms with Crippen LogP contribution in [0.2, 0.25) is 0 Å². The summed E-state index contributed by atoms with van der Waals surface area (Å²) in [5, 5.41) is 0. The minimum Gasteiger partial charge on any atom is -0.389 e. The van der Waals surface area contributed by atoms with Gasteiger partial charge in [-0.25, -0.2) is 4.39 Å². The number of anilines is 1. The second-order valence-electron chi connectivity index (χ2n) is 5.06. The van der Waals surface area contributed by atoms with Crippen LogP contribution in [0.4, 0.5) is 10.1 Å². The zero-order valence-corrected chi connectivity index (χ0v) is 11.4. The molecule has 1 aromatic carbocycles. The van der Waals surface area contributed by atoms with Gasteiger partial charge in [-0.05, 0) is 32.0 Å². The molecule has 98 valence electrons. The molecule has 0 atom stereocenters. The molecule has 0 spiro atoms. The molecule has 0 saturated carbocycles. The second kappa shape index (κ2) is 4.82. The molecule has 0 amide bonds. The third-order valence-electron chi connectivity index (χ3n) is 3.01. The van der Waals surface area contributed by atoms with E-state index in [4.69, 9.17) is 22.7 Å². The Balaban J connectivity index is 2.24. The summed E-state index contributed by atoms with van der Waals surface area (Å²) in [5.74, 6) is -0.371. The molecular formula is C13H17FN2OS. The second-order valence-corrected chi connectivity index (χ2v) is 5.50. The molecule has 0 bridgehead atoms. The van der Waals surface area contributed by atoms with Crippen LogP contribution in [0.15, 0.2) is 18.2 Å². The van der Waals surface area contributed by atoms with Crippen molar-refractivity contribution in [2.24, 2.45) is 5.73 Å². The van der Waals surface area contributed by atoms with Gasteiger partial charge in [0.2, 0.25) is 0 Å². The number of nitrogens with two attached hydrogens (primary N) is 1. The number of halogens is 1. The van der Waals surface area contributed by atoms with E-state index in [1.165, 1.54) is 6.07 Å². The Kier molecular flexibility index (Phi) is 3.54. The Bertz CT molecular complexity index is 476. The lowest BCUT2D eigenvalue weighted by molar-refractivity contribution is -0.0277. The predicted molar refractivity (Wildman–Crippen MR) is 74.5 cm³/mol. The van der Waals surface area contributed by atoms with Crippen molar-refractivity contribution in [1.82, 2.24) is 0 Å². The van der Waals surface area contributed by atoms with E-state index >= 15 is 0 Å². The Labute approximate surface area is 112 Å². The van der Waals surface area contributed by atoms with Crippen LogP contribution < -0.4 is 10.6 Å². The van der Waals surface area contributed by atoms with Gasteiger partial charge >= 0.3 is 0 Å². The van der Waals surface area contributed by atoms with Gasteiger partial charge in [0.25, 0.3) is 0 Å². The van der Waals surface area contributed by atoms with Crippen molar-refractivity contribution in [3.05, 3.63) is 29.6 Å². The van der Waals surface area contributed by atoms with Crippen molar-refractivity contribution in [3.8, 4) is 0 Å². The van der Waals surface area contributed by atoms with Crippen molar-refractivity contribution in [2.75, 3.05) is 24.6 Å². The first-order valence-electron chi connectivity index (χ1n) is 5.87. The van der Waals surface area contributed by atoms with Crippen molar-refractivity contribution >= 4 is 22.9 Å². The lowest BCUT2D eigenvalue weighted by Gasteiger charge is -2.39. The molecule has 0 radical (unpaired) electrons. The van der Waals surface area contributed by atoms with Gasteiger partial charge in [-0.3, -0.25) is 0 Å². The largest absolute Gasteiger partial charge is 0.389 e. The number of benzene rings is 1. The summed E-state index contributed by atoms with van der Waals surface area (Å²) < 4.78 is 19.5.